The summed E-state index contributed by atoms with van der Waals surface area (Å²) < 4.78 is 0. The van der Waals surface area contributed by atoms with Crippen molar-refractivity contribution in [3.05, 3.63) is 30.2 Å². The molecule has 2 rings (SSSR count). The maximum atomic E-state index is 10.1. The smallest absolute Gasteiger partial charge is 0.132 e. The Kier molecular flexibility index (Phi) is 6.54. The summed E-state index contributed by atoms with van der Waals surface area (Å²) in [5.41, 5.74) is 1.03. The Bertz CT molecular complexity index is 491. The molecule has 0 spiro atoms. The first kappa shape index (κ1) is 17.9. The Morgan fingerprint density at radius 2 is 2.09 bits per heavy atom. The van der Waals surface area contributed by atoms with Gasteiger partial charge < -0.3 is 14.9 Å². The first-order chi connectivity index (χ1) is 11.0. The molecule has 0 aliphatic carbocycles. The number of hydrogen-bond donors (Lipinski definition) is 1. The summed E-state index contributed by atoms with van der Waals surface area (Å²) in [6.07, 6.45) is 5.49. The van der Waals surface area contributed by atoms with Crippen LogP contribution in [0.15, 0.2) is 18.7 Å². The molecule has 1 aliphatic rings. The fraction of sp³-hybridized carbons (Fsp3) is 0.667. The van der Waals surface area contributed by atoms with E-state index in [4.69, 9.17) is 0 Å². The molecule has 1 unspecified atom stereocenters. The molecule has 1 atom stereocenters. The first-order valence-corrected chi connectivity index (χ1v) is 8.56. The van der Waals surface area contributed by atoms with Crippen molar-refractivity contribution in [3.63, 3.8) is 0 Å². The maximum Gasteiger partial charge on any atom is 0.132 e. The van der Waals surface area contributed by atoms with Gasteiger partial charge >= 0.3 is 0 Å². The highest BCUT2D eigenvalue weighted by atomic mass is 16.3. The van der Waals surface area contributed by atoms with Crippen LogP contribution in [-0.4, -0.2) is 58.8 Å². The van der Waals surface area contributed by atoms with E-state index in [1.165, 1.54) is 0 Å². The molecule has 0 amide bonds. The van der Waals surface area contributed by atoms with Crippen LogP contribution in [0, 0.1) is 13.8 Å². The molecule has 1 saturated heterocycles. The van der Waals surface area contributed by atoms with E-state index in [0.29, 0.717) is 6.04 Å². The van der Waals surface area contributed by atoms with Crippen molar-refractivity contribution in [3.8, 4) is 0 Å². The predicted molar refractivity (Wildman–Crippen MR) is 94.8 cm³/mol. The third-order valence-corrected chi connectivity index (χ3v) is 4.57. The minimum absolute atomic E-state index is 0.261. The predicted octanol–water partition coefficient (Wildman–Crippen LogP) is 2.32. The van der Waals surface area contributed by atoms with Gasteiger partial charge in [0.1, 0.15) is 11.6 Å². The summed E-state index contributed by atoms with van der Waals surface area (Å²) in [6, 6.07) is 2.60. The van der Waals surface area contributed by atoms with Gasteiger partial charge in [-0.15, -0.1) is 6.58 Å². The number of anilines is 1. The molecular formula is C18H30N4O. The molecule has 1 fully saturated rings. The Labute approximate surface area is 140 Å². The monoisotopic (exact) mass is 318 g/mol. The molecule has 0 bridgehead atoms. The molecule has 5 heteroatoms. The molecule has 23 heavy (non-hydrogen) atoms. The standard InChI is InChI=1S/C18H30N4O/c1-5-6-7-17(23)13-21(4)16-8-10-22(11-9-16)18-12-14(2)19-15(3)20-18/h5,12,16-17,23H,1,6-11,13H2,2-4H3. The first-order valence-electron chi connectivity index (χ1n) is 8.56. The van der Waals surface area contributed by atoms with Gasteiger partial charge in [0.2, 0.25) is 0 Å². The van der Waals surface area contributed by atoms with Crippen LogP contribution in [0.2, 0.25) is 0 Å². The van der Waals surface area contributed by atoms with Crippen LogP contribution in [0.4, 0.5) is 5.82 Å². The van der Waals surface area contributed by atoms with Crippen molar-refractivity contribution in [2.45, 2.75) is 51.7 Å². The average Bonchev–Trinajstić information content (AvgIpc) is 2.52. The molecule has 2 heterocycles. The van der Waals surface area contributed by atoms with E-state index < -0.39 is 0 Å². The number of aromatic nitrogens is 2. The van der Waals surface area contributed by atoms with Crippen molar-refractivity contribution in [1.29, 1.82) is 0 Å². The second-order valence-electron chi connectivity index (χ2n) is 6.59. The number of hydrogen-bond acceptors (Lipinski definition) is 5. The van der Waals surface area contributed by atoms with Crippen LogP contribution in [0.5, 0.6) is 0 Å². The second-order valence-corrected chi connectivity index (χ2v) is 6.59. The minimum Gasteiger partial charge on any atom is -0.392 e. The van der Waals surface area contributed by atoms with Crippen LogP contribution >= 0.6 is 0 Å². The van der Waals surface area contributed by atoms with Gasteiger partial charge in [0.25, 0.3) is 0 Å². The maximum absolute atomic E-state index is 10.1. The summed E-state index contributed by atoms with van der Waals surface area (Å²) in [6.45, 7) is 10.4. The third-order valence-electron chi connectivity index (χ3n) is 4.57. The fourth-order valence-corrected chi connectivity index (χ4v) is 3.28. The summed E-state index contributed by atoms with van der Waals surface area (Å²) in [4.78, 5) is 13.6. The Morgan fingerprint density at radius 3 is 2.70 bits per heavy atom. The summed E-state index contributed by atoms with van der Waals surface area (Å²) in [5, 5.41) is 10.1. The van der Waals surface area contributed by atoms with Crippen LogP contribution in [0.3, 0.4) is 0 Å². The molecule has 1 aliphatic heterocycles. The van der Waals surface area contributed by atoms with Crippen molar-refractivity contribution < 1.29 is 5.11 Å². The van der Waals surface area contributed by atoms with Gasteiger partial charge in [0.05, 0.1) is 6.10 Å². The van der Waals surface area contributed by atoms with E-state index in [2.05, 4.69) is 39.5 Å². The molecule has 128 valence electrons. The van der Waals surface area contributed by atoms with Crippen molar-refractivity contribution in [2.75, 3.05) is 31.6 Å². The minimum atomic E-state index is -0.261. The van der Waals surface area contributed by atoms with E-state index in [9.17, 15) is 5.11 Å². The van der Waals surface area contributed by atoms with Gasteiger partial charge in [-0.3, -0.25) is 0 Å². The van der Waals surface area contributed by atoms with Crippen molar-refractivity contribution in [1.82, 2.24) is 14.9 Å². The highest BCUT2D eigenvalue weighted by Gasteiger charge is 2.24. The van der Waals surface area contributed by atoms with E-state index in [1.807, 2.05) is 19.9 Å². The number of rotatable bonds is 7. The highest BCUT2D eigenvalue weighted by Crippen LogP contribution is 2.21. The average molecular weight is 318 g/mol. The quantitative estimate of drug-likeness (QED) is 0.782. The fourth-order valence-electron chi connectivity index (χ4n) is 3.28. The van der Waals surface area contributed by atoms with E-state index in [1.54, 1.807) is 0 Å². The molecular weight excluding hydrogens is 288 g/mol. The zero-order valence-electron chi connectivity index (χ0n) is 14.7. The number of likely N-dealkylation sites (N-methyl/N-ethyl adjacent to an activating group) is 1. The summed E-state index contributed by atoms with van der Waals surface area (Å²) in [5.74, 6) is 1.88. The third kappa shape index (κ3) is 5.29. The Balaban J connectivity index is 1.84. The Morgan fingerprint density at radius 1 is 1.39 bits per heavy atom. The van der Waals surface area contributed by atoms with Gasteiger partial charge in [-0.25, -0.2) is 9.97 Å². The lowest BCUT2D eigenvalue weighted by Crippen LogP contribution is -2.45. The van der Waals surface area contributed by atoms with Crippen molar-refractivity contribution in [2.24, 2.45) is 0 Å². The zero-order chi connectivity index (χ0) is 16.8. The highest BCUT2D eigenvalue weighted by molar-refractivity contribution is 5.40. The lowest BCUT2D eigenvalue weighted by Gasteiger charge is -2.38. The number of nitrogens with zero attached hydrogens (tertiary/aromatic N) is 4. The number of aliphatic hydroxyl groups is 1. The number of aryl methyl sites for hydroxylation is 2. The molecule has 0 saturated carbocycles. The van der Waals surface area contributed by atoms with Gasteiger partial charge in [-0.2, -0.15) is 0 Å². The second kappa shape index (κ2) is 8.41. The molecule has 0 aromatic carbocycles. The number of aliphatic hydroxyl groups excluding tert-OH is 1. The number of piperidine rings is 1. The molecule has 1 N–H and O–H groups in total. The molecule has 1 aromatic heterocycles. The summed E-state index contributed by atoms with van der Waals surface area (Å²) in [7, 11) is 2.12. The normalized spacial score (nSPS) is 17.5. The van der Waals surface area contributed by atoms with Gasteiger partial charge in [0, 0.05) is 37.4 Å². The van der Waals surface area contributed by atoms with E-state index in [-0.39, 0.29) is 6.10 Å². The van der Waals surface area contributed by atoms with Gasteiger partial charge in [-0.05, 0) is 46.6 Å². The van der Waals surface area contributed by atoms with Gasteiger partial charge in [-0.1, -0.05) is 6.08 Å². The lowest BCUT2D eigenvalue weighted by molar-refractivity contribution is 0.0905. The van der Waals surface area contributed by atoms with Crippen LogP contribution in [0.25, 0.3) is 0 Å². The Hall–Kier alpha value is -1.46. The lowest BCUT2D eigenvalue weighted by atomic mass is 10.0. The topological polar surface area (TPSA) is 52.5 Å². The molecule has 1 aromatic rings. The largest absolute Gasteiger partial charge is 0.392 e. The van der Waals surface area contributed by atoms with E-state index >= 15 is 0 Å². The van der Waals surface area contributed by atoms with Crippen LogP contribution in [-0.2, 0) is 0 Å². The SMILES string of the molecule is C=CCCC(O)CN(C)C1CCN(c2cc(C)nc(C)n2)CC1. The summed E-state index contributed by atoms with van der Waals surface area (Å²) >= 11 is 0. The van der Waals surface area contributed by atoms with E-state index in [0.717, 1.165) is 62.7 Å². The van der Waals surface area contributed by atoms with Crippen LogP contribution in [0.1, 0.15) is 37.2 Å². The zero-order valence-corrected chi connectivity index (χ0v) is 14.7. The van der Waals surface area contributed by atoms with Crippen LogP contribution < -0.4 is 4.90 Å². The van der Waals surface area contributed by atoms with Crippen molar-refractivity contribution >= 4 is 5.82 Å². The number of allylic oxidation sites excluding steroid dienone is 1. The molecule has 5 nitrogen and oxygen atoms in total. The molecule has 0 radical (unpaired) electrons. The van der Waals surface area contributed by atoms with Gasteiger partial charge in [0.15, 0.2) is 0 Å².